The van der Waals surface area contributed by atoms with Crippen LogP contribution in [0.2, 0.25) is 0 Å². The first-order valence-corrected chi connectivity index (χ1v) is 11.0. The highest BCUT2D eigenvalue weighted by atomic mass is 32.2. The van der Waals surface area contributed by atoms with Crippen LogP contribution >= 0.6 is 0 Å². The van der Waals surface area contributed by atoms with Crippen molar-refractivity contribution in [2.75, 3.05) is 30.8 Å². The van der Waals surface area contributed by atoms with Crippen LogP contribution in [-0.4, -0.2) is 49.4 Å². The molecule has 1 aliphatic rings. The molecule has 0 bridgehead atoms. The van der Waals surface area contributed by atoms with E-state index in [9.17, 15) is 13.7 Å². The van der Waals surface area contributed by atoms with Gasteiger partial charge in [-0.15, -0.1) is 0 Å². The van der Waals surface area contributed by atoms with Crippen LogP contribution in [0.15, 0.2) is 35.1 Å². The quantitative estimate of drug-likeness (QED) is 0.602. The highest BCUT2D eigenvalue weighted by Gasteiger charge is 2.38. The van der Waals surface area contributed by atoms with Gasteiger partial charge in [0.05, 0.1) is 30.9 Å². The smallest absolute Gasteiger partial charge is 0.235 e. The van der Waals surface area contributed by atoms with Gasteiger partial charge < -0.3 is 14.0 Å². The van der Waals surface area contributed by atoms with Crippen LogP contribution in [-0.2, 0) is 21.3 Å². The second-order valence-electron chi connectivity index (χ2n) is 7.27. The fourth-order valence-corrected chi connectivity index (χ4v) is 5.18. The minimum Gasteiger partial charge on any atom is -0.496 e. The summed E-state index contributed by atoms with van der Waals surface area (Å²) in [5.41, 5.74) is 0.263. The fraction of sp³-hybridized carbons (Fsp3) is 0.421. The molecule has 3 heterocycles. The number of hydrogen-bond acceptors (Lipinski definition) is 8. The molecule has 11 heteroatoms. The van der Waals surface area contributed by atoms with Crippen molar-refractivity contribution in [1.82, 2.24) is 14.9 Å². The number of rotatable bonds is 7. The molecule has 0 aliphatic carbocycles. The Kier molecular flexibility index (Phi) is 5.36. The van der Waals surface area contributed by atoms with E-state index < -0.39 is 15.4 Å². The standard InChI is InChI=1S/C19H21N5O5S/c1-27-15-9-14(11-24-6-2-5-21-24)10-16-17(15)18(22-29-16)23-30(25,26)13-19(12-20)3-7-28-8-4-19/h2,5-6,9-10H,3-4,7-8,11,13H2,1H3,(H,22,23). The Morgan fingerprint density at radius 2 is 2.17 bits per heavy atom. The predicted octanol–water partition coefficient (Wildman–Crippen LogP) is 2.14. The average molecular weight is 431 g/mol. The molecule has 3 aromatic rings. The van der Waals surface area contributed by atoms with Crippen molar-refractivity contribution in [2.45, 2.75) is 19.4 Å². The maximum Gasteiger partial charge on any atom is 0.235 e. The van der Waals surface area contributed by atoms with Gasteiger partial charge in [-0.2, -0.15) is 10.4 Å². The van der Waals surface area contributed by atoms with Gasteiger partial charge in [0, 0.05) is 25.6 Å². The number of nitrogens with zero attached hydrogens (tertiary/aromatic N) is 4. The van der Waals surface area contributed by atoms with Crippen LogP contribution < -0.4 is 9.46 Å². The Morgan fingerprint density at radius 3 is 2.83 bits per heavy atom. The molecule has 1 aromatic carbocycles. The van der Waals surface area contributed by atoms with E-state index in [1.807, 2.05) is 12.3 Å². The van der Waals surface area contributed by atoms with E-state index in [1.165, 1.54) is 7.11 Å². The Hall–Kier alpha value is -3.10. The first-order chi connectivity index (χ1) is 14.4. The van der Waals surface area contributed by atoms with E-state index >= 15 is 0 Å². The number of aromatic nitrogens is 3. The maximum atomic E-state index is 12.8. The molecule has 4 rings (SSSR count). The van der Waals surface area contributed by atoms with Gasteiger partial charge in [0.15, 0.2) is 11.4 Å². The average Bonchev–Trinajstić information content (AvgIpc) is 3.37. The van der Waals surface area contributed by atoms with Crippen LogP contribution in [0.4, 0.5) is 5.82 Å². The summed E-state index contributed by atoms with van der Waals surface area (Å²) in [6.07, 6.45) is 4.25. The zero-order valence-electron chi connectivity index (χ0n) is 16.4. The SMILES string of the molecule is COc1cc(Cn2cccn2)cc2onc(NS(=O)(=O)CC3(C#N)CCOCC3)c12. The van der Waals surface area contributed by atoms with Crippen molar-refractivity contribution in [1.29, 1.82) is 5.26 Å². The lowest BCUT2D eigenvalue weighted by Crippen LogP contribution is -2.37. The monoisotopic (exact) mass is 431 g/mol. The lowest BCUT2D eigenvalue weighted by atomic mass is 9.84. The highest BCUT2D eigenvalue weighted by molar-refractivity contribution is 7.92. The van der Waals surface area contributed by atoms with E-state index in [0.29, 0.717) is 49.3 Å². The first kappa shape index (κ1) is 20.2. The van der Waals surface area contributed by atoms with E-state index in [2.05, 4.69) is 21.0 Å². The lowest BCUT2D eigenvalue weighted by molar-refractivity contribution is 0.0491. The van der Waals surface area contributed by atoms with Crippen molar-refractivity contribution < 1.29 is 22.4 Å². The molecule has 1 saturated heterocycles. The number of anilines is 1. The molecule has 2 aromatic heterocycles. The van der Waals surface area contributed by atoms with Crippen molar-refractivity contribution in [3.63, 3.8) is 0 Å². The second-order valence-corrected chi connectivity index (χ2v) is 8.99. The lowest BCUT2D eigenvalue weighted by Gasteiger charge is -2.30. The van der Waals surface area contributed by atoms with Crippen molar-refractivity contribution in [2.24, 2.45) is 5.41 Å². The Labute approximate surface area is 173 Å². The molecule has 0 radical (unpaired) electrons. The number of nitrogens with one attached hydrogen (secondary N) is 1. The van der Waals surface area contributed by atoms with Crippen LogP contribution in [0.3, 0.4) is 0 Å². The van der Waals surface area contributed by atoms with E-state index in [1.54, 1.807) is 23.0 Å². The third kappa shape index (κ3) is 4.10. The van der Waals surface area contributed by atoms with Crippen LogP contribution in [0, 0.1) is 16.7 Å². The molecule has 0 spiro atoms. The van der Waals surface area contributed by atoms with Crippen LogP contribution in [0.25, 0.3) is 11.0 Å². The van der Waals surface area contributed by atoms with Gasteiger partial charge >= 0.3 is 0 Å². The molecule has 158 valence electrons. The van der Waals surface area contributed by atoms with Crippen molar-refractivity contribution in [3.8, 4) is 11.8 Å². The zero-order chi connectivity index (χ0) is 21.2. The van der Waals surface area contributed by atoms with Gasteiger partial charge in [0.2, 0.25) is 10.0 Å². The first-order valence-electron chi connectivity index (χ1n) is 9.37. The van der Waals surface area contributed by atoms with E-state index in [4.69, 9.17) is 14.0 Å². The summed E-state index contributed by atoms with van der Waals surface area (Å²) >= 11 is 0. The minimum absolute atomic E-state index is 0.0349. The van der Waals surface area contributed by atoms with Crippen LogP contribution in [0.1, 0.15) is 18.4 Å². The minimum atomic E-state index is -3.86. The van der Waals surface area contributed by atoms with Gasteiger partial charge in [-0.25, -0.2) is 8.42 Å². The number of ether oxygens (including phenoxy) is 2. The number of nitriles is 1. The van der Waals surface area contributed by atoms with E-state index in [-0.39, 0.29) is 11.6 Å². The number of benzene rings is 1. The summed E-state index contributed by atoms with van der Waals surface area (Å²) in [6.45, 7) is 1.22. The second kappa shape index (κ2) is 7.97. The Morgan fingerprint density at radius 1 is 1.37 bits per heavy atom. The van der Waals surface area contributed by atoms with Gasteiger partial charge in [-0.05, 0) is 36.6 Å². The molecule has 0 atom stereocenters. The third-order valence-electron chi connectivity index (χ3n) is 5.13. The predicted molar refractivity (Wildman–Crippen MR) is 107 cm³/mol. The maximum absolute atomic E-state index is 12.8. The highest BCUT2D eigenvalue weighted by Crippen LogP contribution is 2.36. The molecule has 1 aliphatic heterocycles. The molecule has 0 saturated carbocycles. The number of fused-ring (bicyclic) bond motifs is 1. The Balaban J connectivity index is 1.62. The number of sulfonamides is 1. The van der Waals surface area contributed by atoms with Gasteiger partial charge in [0.25, 0.3) is 0 Å². The Bertz CT molecular complexity index is 1170. The summed E-state index contributed by atoms with van der Waals surface area (Å²) in [5, 5.41) is 18.0. The molecule has 30 heavy (non-hydrogen) atoms. The van der Waals surface area contributed by atoms with E-state index in [0.717, 1.165) is 5.56 Å². The molecular weight excluding hydrogens is 410 g/mol. The summed E-state index contributed by atoms with van der Waals surface area (Å²) in [4.78, 5) is 0. The molecule has 0 amide bonds. The zero-order valence-corrected chi connectivity index (χ0v) is 17.2. The van der Waals surface area contributed by atoms with Crippen LogP contribution in [0.5, 0.6) is 5.75 Å². The summed E-state index contributed by atoms with van der Waals surface area (Å²) in [5.74, 6) is 0.121. The largest absolute Gasteiger partial charge is 0.496 e. The molecule has 10 nitrogen and oxygen atoms in total. The summed E-state index contributed by atoms with van der Waals surface area (Å²) in [6, 6.07) is 7.54. The number of methoxy groups -OCH3 is 1. The molecule has 1 N–H and O–H groups in total. The topological polar surface area (TPSA) is 132 Å². The molecule has 1 fully saturated rings. The summed E-state index contributed by atoms with van der Waals surface area (Å²) in [7, 11) is -2.37. The van der Waals surface area contributed by atoms with Gasteiger partial charge in [-0.1, -0.05) is 5.16 Å². The molecule has 0 unspecified atom stereocenters. The molecular formula is C19H21N5O5S. The van der Waals surface area contributed by atoms with Crippen molar-refractivity contribution in [3.05, 3.63) is 36.2 Å². The third-order valence-corrected chi connectivity index (χ3v) is 6.56. The number of hydrogen-bond donors (Lipinski definition) is 1. The normalized spacial score (nSPS) is 16.3. The van der Waals surface area contributed by atoms with Gasteiger partial charge in [-0.3, -0.25) is 9.40 Å². The van der Waals surface area contributed by atoms with Crippen molar-refractivity contribution >= 4 is 26.8 Å². The summed E-state index contributed by atoms with van der Waals surface area (Å²) < 4.78 is 45.9. The van der Waals surface area contributed by atoms with Gasteiger partial charge in [0.1, 0.15) is 11.1 Å². The fourth-order valence-electron chi connectivity index (χ4n) is 3.59.